The van der Waals surface area contributed by atoms with E-state index >= 15 is 0 Å². The number of esters is 2. The maximum Gasteiger partial charge on any atom is 0.308 e. The Morgan fingerprint density at radius 3 is 1.45 bits per heavy atom. The first-order chi connectivity index (χ1) is 31.3. The fraction of sp³-hybridized carbons (Fsp3) is 0.947. The molecule has 0 aliphatic carbocycles. The summed E-state index contributed by atoms with van der Waals surface area (Å²) in [6, 6.07) is 0. The molecule has 382 valence electrons. The van der Waals surface area contributed by atoms with Crippen LogP contribution in [0, 0.1) is 11.8 Å². The summed E-state index contributed by atoms with van der Waals surface area (Å²) in [6.07, 6.45) is 43.6. The summed E-state index contributed by atoms with van der Waals surface area (Å²) in [5, 5.41) is 0. The molecule has 0 amide bonds. The van der Waals surface area contributed by atoms with Gasteiger partial charge in [0.2, 0.25) is 0 Å². The topological polar surface area (TPSA) is 82.1 Å². The average Bonchev–Trinajstić information content (AvgIpc) is 3.83. The minimum absolute atomic E-state index is 0.000619. The van der Waals surface area contributed by atoms with Crippen LogP contribution in [-0.2, 0) is 28.6 Å². The van der Waals surface area contributed by atoms with Crippen LogP contribution in [0.3, 0.4) is 0 Å². The lowest BCUT2D eigenvalue weighted by atomic mass is 9.89. The van der Waals surface area contributed by atoms with E-state index in [1.165, 1.54) is 180 Å². The van der Waals surface area contributed by atoms with Crippen molar-refractivity contribution >= 4 is 17.7 Å². The predicted octanol–water partition coefficient (Wildman–Crippen LogP) is 17.1. The highest BCUT2D eigenvalue weighted by molar-refractivity contribution is 5.78. The van der Waals surface area contributed by atoms with E-state index in [0.29, 0.717) is 37.8 Å². The Morgan fingerprint density at radius 1 is 0.500 bits per heavy atom. The Bertz CT molecular complexity index is 952. The van der Waals surface area contributed by atoms with E-state index in [2.05, 4.69) is 39.5 Å². The largest absolute Gasteiger partial charge is 0.466 e. The molecule has 1 saturated heterocycles. The number of rotatable bonds is 45. The summed E-state index contributed by atoms with van der Waals surface area (Å²) in [6.45, 7) is 22.5. The Hall–Kier alpha value is -1.47. The maximum atomic E-state index is 12.8. The molecule has 0 aromatic rings. The second-order valence-electron chi connectivity index (χ2n) is 19.1. The van der Waals surface area contributed by atoms with Gasteiger partial charge in [-0.1, -0.05) is 216 Å². The molecule has 0 N–H and O–H groups in total. The lowest BCUT2D eigenvalue weighted by molar-refractivity contribution is -0.149. The SMILES string of the molecule is CC.CCCCCCCCC(CCCCCCCC)CC(=O)CCCCOC(=O)C(C)CC(CC)OCCCN1CCCC1.CCCCCCCCCCCOC(=O)CCCCCC. The van der Waals surface area contributed by atoms with Crippen molar-refractivity contribution < 1.29 is 28.6 Å². The molecule has 0 radical (unpaired) electrons. The summed E-state index contributed by atoms with van der Waals surface area (Å²) in [7, 11) is 0. The van der Waals surface area contributed by atoms with Crippen molar-refractivity contribution in [3.8, 4) is 0 Å². The van der Waals surface area contributed by atoms with Crippen LogP contribution in [0.1, 0.15) is 293 Å². The third kappa shape index (κ3) is 45.7. The van der Waals surface area contributed by atoms with Gasteiger partial charge in [-0.25, -0.2) is 0 Å². The summed E-state index contributed by atoms with van der Waals surface area (Å²) in [5.41, 5.74) is 0. The monoisotopic (exact) mass is 908 g/mol. The predicted molar refractivity (Wildman–Crippen MR) is 276 cm³/mol. The molecule has 64 heavy (non-hydrogen) atoms. The molecule has 7 heteroatoms. The van der Waals surface area contributed by atoms with E-state index in [1.54, 1.807) is 0 Å². The summed E-state index contributed by atoms with van der Waals surface area (Å²) < 4.78 is 16.9. The van der Waals surface area contributed by atoms with Crippen LogP contribution in [0.2, 0.25) is 0 Å². The average molecular weight is 909 g/mol. The smallest absolute Gasteiger partial charge is 0.308 e. The van der Waals surface area contributed by atoms with Gasteiger partial charge in [-0.3, -0.25) is 14.4 Å². The molecular weight excluding hydrogens is 795 g/mol. The van der Waals surface area contributed by atoms with E-state index in [9.17, 15) is 14.4 Å². The minimum Gasteiger partial charge on any atom is -0.466 e. The molecule has 1 rings (SSSR count). The molecule has 2 atom stereocenters. The summed E-state index contributed by atoms with van der Waals surface area (Å²) >= 11 is 0. The Kier molecular flexibility index (Phi) is 53.0. The summed E-state index contributed by atoms with van der Waals surface area (Å²) in [5.74, 6) is 0.686. The zero-order valence-corrected chi connectivity index (χ0v) is 44.5. The molecule has 0 spiro atoms. The zero-order chi connectivity index (χ0) is 47.6. The number of carbonyl (C=O) groups is 3. The van der Waals surface area contributed by atoms with Gasteiger partial charge in [-0.15, -0.1) is 0 Å². The highest BCUT2D eigenvalue weighted by Gasteiger charge is 2.20. The number of likely N-dealkylation sites (tertiary alicyclic amines) is 1. The quantitative estimate of drug-likeness (QED) is 0.0445. The van der Waals surface area contributed by atoms with Gasteiger partial charge in [0.25, 0.3) is 0 Å². The van der Waals surface area contributed by atoms with Gasteiger partial charge in [0, 0.05) is 32.4 Å². The first kappa shape index (κ1) is 64.6. The number of ketones is 1. The molecule has 0 bridgehead atoms. The number of nitrogens with zero attached hydrogens (tertiary/aromatic N) is 1. The van der Waals surface area contributed by atoms with Crippen LogP contribution in [0.5, 0.6) is 0 Å². The first-order valence-electron chi connectivity index (χ1n) is 28.5. The van der Waals surface area contributed by atoms with Crippen molar-refractivity contribution in [2.24, 2.45) is 11.8 Å². The third-order valence-electron chi connectivity index (χ3n) is 12.9. The minimum atomic E-state index is -0.153. The molecule has 0 aromatic heterocycles. The molecule has 1 heterocycles. The fourth-order valence-electron chi connectivity index (χ4n) is 8.69. The molecular formula is C57H113NO6. The van der Waals surface area contributed by atoms with Crippen LogP contribution in [0.25, 0.3) is 0 Å². The standard InChI is InChI=1S/C37H71NO4.C18H36O2.C2H6/c1-5-8-10-12-14-16-23-34(24-17-15-13-11-9-6-2)32-35(39)25-18-21-29-42-37(40)33(4)31-36(7-3)41-30-22-28-38-26-19-20-27-38;1-3-5-7-9-10-11-12-13-15-17-20-18(19)16-14-8-6-4-2;1-2/h33-34,36H,5-32H2,1-4H3;3-17H2,1-2H3;1-2H3. The lowest BCUT2D eigenvalue weighted by Gasteiger charge is -2.21. The second-order valence-corrected chi connectivity index (χ2v) is 19.1. The van der Waals surface area contributed by atoms with Gasteiger partial charge >= 0.3 is 11.9 Å². The molecule has 7 nitrogen and oxygen atoms in total. The van der Waals surface area contributed by atoms with E-state index in [-0.39, 0.29) is 24.0 Å². The first-order valence-corrected chi connectivity index (χ1v) is 28.5. The summed E-state index contributed by atoms with van der Waals surface area (Å²) in [4.78, 5) is 39.3. The van der Waals surface area contributed by atoms with Gasteiger partial charge in [-0.2, -0.15) is 0 Å². The third-order valence-corrected chi connectivity index (χ3v) is 12.9. The maximum absolute atomic E-state index is 12.8. The second kappa shape index (κ2) is 52.5. The normalized spacial score (nSPS) is 13.5. The van der Waals surface area contributed by atoms with Crippen LogP contribution in [0.15, 0.2) is 0 Å². The van der Waals surface area contributed by atoms with E-state index in [1.807, 2.05) is 20.8 Å². The number of ether oxygens (including phenoxy) is 3. The molecule has 2 unspecified atom stereocenters. The fourth-order valence-corrected chi connectivity index (χ4v) is 8.69. The van der Waals surface area contributed by atoms with Gasteiger partial charge < -0.3 is 19.1 Å². The van der Waals surface area contributed by atoms with Crippen molar-refractivity contribution in [1.29, 1.82) is 0 Å². The molecule has 1 aliphatic heterocycles. The van der Waals surface area contributed by atoms with Crippen molar-refractivity contribution in [3.63, 3.8) is 0 Å². The van der Waals surface area contributed by atoms with Crippen molar-refractivity contribution in [2.45, 2.75) is 299 Å². The van der Waals surface area contributed by atoms with Crippen LogP contribution in [-0.4, -0.2) is 68.2 Å². The molecule has 1 fully saturated rings. The van der Waals surface area contributed by atoms with Crippen LogP contribution < -0.4 is 0 Å². The molecule has 0 saturated carbocycles. The number of unbranched alkanes of at least 4 members (excludes halogenated alkanes) is 22. The Balaban J connectivity index is 0. The van der Waals surface area contributed by atoms with Gasteiger partial charge in [0.1, 0.15) is 5.78 Å². The number of hydrogen-bond donors (Lipinski definition) is 0. The van der Waals surface area contributed by atoms with Crippen LogP contribution in [0.4, 0.5) is 0 Å². The molecule has 1 aliphatic rings. The highest BCUT2D eigenvalue weighted by atomic mass is 16.5. The van der Waals surface area contributed by atoms with E-state index < -0.39 is 0 Å². The lowest BCUT2D eigenvalue weighted by Crippen LogP contribution is -2.25. The molecule has 0 aromatic carbocycles. The van der Waals surface area contributed by atoms with E-state index in [4.69, 9.17) is 14.2 Å². The van der Waals surface area contributed by atoms with Crippen molar-refractivity contribution in [1.82, 2.24) is 4.90 Å². The number of carbonyl (C=O) groups excluding carboxylic acids is 3. The van der Waals surface area contributed by atoms with Gasteiger partial charge in [0.05, 0.1) is 25.2 Å². The number of Topliss-reactive ketones (excluding diaryl/α,β-unsaturated/α-hetero) is 1. The Labute approximate surface area is 400 Å². The van der Waals surface area contributed by atoms with Crippen molar-refractivity contribution in [3.05, 3.63) is 0 Å². The highest BCUT2D eigenvalue weighted by Crippen LogP contribution is 2.24. The van der Waals surface area contributed by atoms with Gasteiger partial charge in [0.15, 0.2) is 0 Å². The number of hydrogen-bond acceptors (Lipinski definition) is 7. The van der Waals surface area contributed by atoms with Gasteiger partial charge in [-0.05, 0) is 76.8 Å². The Morgan fingerprint density at radius 2 is 0.938 bits per heavy atom. The van der Waals surface area contributed by atoms with Crippen LogP contribution >= 0.6 is 0 Å². The zero-order valence-electron chi connectivity index (χ0n) is 44.5. The van der Waals surface area contributed by atoms with Crippen molar-refractivity contribution in [2.75, 3.05) is 39.5 Å². The van der Waals surface area contributed by atoms with E-state index in [0.717, 1.165) is 70.9 Å².